The first kappa shape index (κ1) is 18.1. The lowest BCUT2D eigenvalue weighted by molar-refractivity contribution is 0.0897. The number of hydrogen-bond donors (Lipinski definition) is 3. The number of rotatable bonds is 5. The average molecular weight is 355 g/mol. The summed E-state index contributed by atoms with van der Waals surface area (Å²) in [6.07, 6.45) is 0. The molecular weight excluding hydrogens is 333 g/mol. The summed E-state index contributed by atoms with van der Waals surface area (Å²) in [6.45, 7) is 5.64. The number of amides is 1. The molecule has 0 saturated heterocycles. The monoisotopic (exact) mass is 355 g/mol. The van der Waals surface area contributed by atoms with Gasteiger partial charge in [-0.1, -0.05) is 26.0 Å². The molecule has 6 heteroatoms. The molecule has 3 rings (SSSR count). The largest absolute Gasteiger partial charge is 0.394 e. The molecule has 1 aromatic heterocycles. The lowest BCUT2D eigenvalue weighted by Crippen LogP contribution is -2.41. The van der Waals surface area contributed by atoms with E-state index < -0.39 is 0 Å². The number of aliphatic hydroxyl groups excluding tert-OH is 1. The molecule has 1 amide bonds. The van der Waals surface area contributed by atoms with E-state index in [-0.39, 0.29) is 30.3 Å². The van der Waals surface area contributed by atoms with Gasteiger partial charge in [0.15, 0.2) is 0 Å². The molecule has 0 radical (unpaired) electrons. The standard InChI is InChI=1S/C20H22FN3O2/c1-11(2)17(10-25)22-20(26)14-7-12(3)18-16(9-14)19(24-23-18)13-5-4-6-15(21)8-13/h4-9,11,17,25H,10H2,1-3H3,(H,22,26)(H,23,24)/t17-/m1/s1. The maximum absolute atomic E-state index is 13.6. The number of aromatic amines is 1. The van der Waals surface area contributed by atoms with Crippen LogP contribution < -0.4 is 5.32 Å². The Morgan fingerprint density at radius 3 is 2.73 bits per heavy atom. The second kappa shape index (κ2) is 7.25. The second-order valence-electron chi connectivity index (χ2n) is 6.80. The lowest BCUT2D eigenvalue weighted by atomic mass is 10.0. The summed E-state index contributed by atoms with van der Waals surface area (Å²) in [4.78, 5) is 12.6. The quantitative estimate of drug-likeness (QED) is 0.656. The van der Waals surface area contributed by atoms with Crippen LogP contribution in [0.3, 0.4) is 0 Å². The Kier molecular flexibility index (Phi) is 5.04. The number of H-pyrrole nitrogens is 1. The van der Waals surface area contributed by atoms with Gasteiger partial charge in [0.05, 0.1) is 18.2 Å². The fraction of sp³-hybridized carbons (Fsp3) is 0.300. The number of nitrogens with one attached hydrogen (secondary N) is 2. The van der Waals surface area contributed by atoms with Crippen molar-refractivity contribution in [2.75, 3.05) is 6.61 Å². The first-order valence-corrected chi connectivity index (χ1v) is 8.57. The van der Waals surface area contributed by atoms with Gasteiger partial charge in [-0.3, -0.25) is 9.89 Å². The molecule has 1 heterocycles. The number of aliphatic hydroxyl groups is 1. The van der Waals surface area contributed by atoms with Crippen molar-refractivity contribution < 1.29 is 14.3 Å². The third-order valence-electron chi connectivity index (χ3n) is 4.55. The van der Waals surface area contributed by atoms with E-state index >= 15 is 0 Å². The van der Waals surface area contributed by atoms with E-state index in [0.717, 1.165) is 16.5 Å². The van der Waals surface area contributed by atoms with Crippen molar-refractivity contribution in [3.63, 3.8) is 0 Å². The molecule has 136 valence electrons. The fourth-order valence-electron chi connectivity index (χ4n) is 2.96. The molecule has 0 aliphatic heterocycles. The number of hydrogen-bond acceptors (Lipinski definition) is 3. The predicted octanol–water partition coefficient (Wildman–Crippen LogP) is 3.42. The van der Waals surface area contributed by atoms with Crippen LogP contribution in [0.2, 0.25) is 0 Å². The zero-order valence-electron chi connectivity index (χ0n) is 15.0. The molecule has 3 aromatic rings. The van der Waals surface area contributed by atoms with Gasteiger partial charge in [0.25, 0.3) is 5.91 Å². The molecule has 0 bridgehead atoms. The van der Waals surface area contributed by atoms with Gasteiger partial charge in [-0.25, -0.2) is 4.39 Å². The van der Waals surface area contributed by atoms with E-state index in [4.69, 9.17) is 0 Å². The molecule has 0 aliphatic carbocycles. The SMILES string of the molecule is Cc1cc(C(=O)N[C@H](CO)C(C)C)cc2c(-c3cccc(F)c3)n[nH]c12. The van der Waals surface area contributed by atoms with Crippen LogP contribution in [0.25, 0.3) is 22.2 Å². The molecule has 2 aromatic carbocycles. The highest BCUT2D eigenvalue weighted by molar-refractivity contribution is 6.02. The van der Waals surface area contributed by atoms with Crippen LogP contribution in [-0.4, -0.2) is 33.9 Å². The zero-order valence-corrected chi connectivity index (χ0v) is 15.0. The third-order valence-corrected chi connectivity index (χ3v) is 4.55. The predicted molar refractivity (Wildman–Crippen MR) is 99.4 cm³/mol. The second-order valence-corrected chi connectivity index (χ2v) is 6.80. The van der Waals surface area contributed by atoms with E-state index in [1.54, 1.807) is 24.3 Å². The minimum Gasteiger partial charge on any atom is -0.394 e. The van der Waals surface area contributed by atoms with Gasteiger partial charge in [0.1, 0.15) is 11.5 Å². The molecule has 0 fully saturated rings. The maximum Gasteiger partial charge on any atom is 0.251 e. The zero-order chi connectivity index (χ0) is 18.8. The van der Waals surface area contributed by atoms with E-state index in [0.29, 0.717) is 16.8 Å². The van der Waals surface area contributed by atoms with Gasteiger partial charge in [0.2, 0.25) is 0 Å². The number of halogens is 1. The maximum atomic E-state index is 13.6. The van der Waals surface area contributed by atoms with Crippen LogP contribution in [-0.2, 0) is 0 Å². The highest BCUT2D eigenvalue weighted by Gasteiger charge is 2.19. The van der Waals surface area contributed by atoms with Crippen molar-refractivity contribution in [3.05, 3.63) is 53.3 Å². The molecule has 1 atom stereocenters. The molecule has 26 heavy (non-hydrogen) atoms. The van der Waals surface area contributed by atoms with Crippen molar-refractivity contribution in [1.82, 2.24) is 15.5 Å². The summed E-state index contributed by atoms with van der Waals surface area (Å²) in [6, 6.07) is 9.41. The first-order valence-electron chi connectivity index (χ1n) is 8.57. The summed E-state index contributed by atoms with van der Waals surface area (Å²) in [5, 5.41) is 20.3. The Labute approximate surface area is 151 Å². The van der Waals surface area contributed by atoms with Crippen LogP contribution in [0.5, 0.6) is 0 Å². The molecular formula is C20H22FN3O2. The Hall–Kier alpha value is -2.73. The summed E-state index contributed by atoms with van der Waals surface area (Å²) >= 11 is 0. The van der Waals surface area contributed by atoms with Gasteiger partial charge in [-0.15, -0.1) is 0 Å². The summed E-state index contributed by atoms with van der Waals surface area (Å²) in [5.74, 6) is -0.480. The van der Waals surface area contributed by atoms with Gasteiger partial charge >= 0.3 is 0 Å². The third kappa shape index (κ3) is 3.46. The van der Waals surface area contributed by atoms with Gasteiger partial charge in [-0.2, -0.15) is 5.10 Å². The van der Waals surface area contributed by atoms with Crippen LogP contribution in [0, 0.1) is 18.7 Å². The first-order chi connectivity index (χ1) is 12.4. The van der Waals surface area contributed by atoms with Gasteiger partial charge in [0, 0.05) is 16.5 Å². The van der Waals surface area contributed by atoms with Crippen LogP contribution in [0.15, 0.2) is 36.4 Å². The molecule has 5 nitrogen and oxygen atoms in total. The van der Waals surface area contributed by atoms with Crippen LogP contribution >= 0.6 is 0 Å². The highest BCUT2D eigenvalue weighted by Crippen LogP contribution is 2.29. The Balaban J connectivity index is 2.03. The van der Waals surface area contributed by atoms with E-state index in [2.05, 4.69) is 15.5 Å². The molecule has 0 spiro atoms. The topological polar surface area (TPSA) is 78.0 Å². The van der Waals surface area contributed by atoms with Crippen molar-refractivity contribution in [2.24, 2.45) is 5.92 Å². The minimum absolute atomic E-state index is 0.116. The smallest absolute Gasteiger partial charge is 0.251 e. The highest BCUT2D eigenvalue weighted by atomic mass is 19.1. The minimum atomic E-state index is -0.341. The van der Waals surface area contributed by atoms with E-state index in [1.165, 1.54) is 12.1 Å². The molecule has 0 aliphatic rings. The normalized spacial score (nSPS) is 12.5. The number of aromatic nitrogens is 2. The van der Waals surface area contributed by atoms with Gasteiger partial charge in [-0.05, 0) is 42.7 Å². The van der Waals surface area contributed by atoms with Crippen molar-refractivity contribution in [1.29, 1.82) is 0 Å². The number of carbonyl (C=O) groups is 1. The number of fused-ring (bicyclic) bond motifs is 1. The lowest BCUT2D eigenvalue weighted by Gasteiger charge is -2.20. The Morgan fingerprint density at radius 1 is 1.31 bits per heavy atom. The van der Waals surface area contributed by atoms with Gasteiger partial charge < -0.3 is 10.4 Å². The summed E-state index contributed by atoms with van der Waals surface area (Å²) < 4.78 is 13.6. The summed E-state index contributed by atoms with van der Waals surface area (Å²) in [7, 11) is 0. The van der Waals surface area contributed by atoms with E-state index in [1.807, 2.05) is 20.8 Å². The van der Waals surface area contributed by atoms with E-state index in [9.17, 15) is 14.3 Å². The average Bonchev–Trinajstić information content (AvgIpc) is 3.03. The number of benzene rings is 2. The molecule has 0 saturated carbocycles. The van der Waals surface area contributed by atoms with Crippen molar-refractivity contribution in [2.45, 2.75) is 26.8 Å². The molecule has 3 N–H and O–H groups in total. The van der Waals surface area contributed by atoms with Crippen LogP contribution in [0.1, 0.15) is 29.8 Å². The Bertz CT molecular complexity index is 949. The fourth-order valence-corrected chi connectivity index (χ4v) is 2.96. The number of carbonyl (C=O) groups excluding carboxylic acids is 1. The number of aryl methyl sites for hydroxylation is 1. The summed E-state index contributed by atoms with van der Waals surface area (Å²) in [5.41, 5.74) is 3.40. The van der Waals surface area contributed by atoms with Crippen LogP contribution in [0.4, 0.5) is 4.39 Å². The van der Waals surface area contributed by atoms with Crippen molar-refractivity contribution in [3.8, 4) is 11.3 Å². The Morgan fingerprint density at radius 2 is 2.08 bits per heavy atom. The van der Waals surface area contributed by atoms with Crippen molar-refractivity contribution >= 4 is 16.8 Å². The number of nitrogens with zero attached hydrogens (tertiary/aromatic N) is 1. The molecule has 0 unspecified atom stereocenters.